The van der Waals surface area contributed by atoms with Gasteiger partial charge in [-0.2, -0.15) is 0 Å². The Morgan fingerprint density at radius 2 is 2.05 bits per heavy atom. The number of likely N-dealkylation sites (tertiary alicyclic amines) is 1. The summed E-state index contributed by atoms with van der Waals surface area (Å²) in [5, 5.41) is 10.2. The van der Waals surface area contributed by atoms with Crippen molar-refractivity contribution in [2.75, 3.05) is 6.54 Å². The third-order valence-corrected chi connectivity index (χ3v) is 4.16. The topological polar surface area (TPSA) is 73.4 Å². The number of carboxylic acid groups (broad SMARTS) is 1. The lowest BCUT2D eigenvalue weighted by molar-refractivity contribution is -0.143. The Kier molecular flexibility index (Phi) is 3.41. The molecule has 1 fully saturated rings. The molecule has 1 saturated heterocycles. The van der Waals surface area contributed by atoms with Gasteiger partial charge < -0.3 is 15.0 Å². The Morgan fingerprint density at radius 1 is 1.29 bits per heavy atom. The van der Waals surface area contributed by atoms with E-state index in [1.54, 1.807) is 0 Å². The number of aromatic amines is 1. The number of amides is 1. The van der Waals surface area contributed by atoms with E-state index >= 15 is 0 Å². The Hall–Kier alpha value is -2.30. The van der Waals surface area contributed by atoms with Crippen molar-refractivity contribution in [3.63, 3.8) is 0 Å². The molecule has 1 aromatic carbocycles. The van der Waals surface area contributed by atoms with Gasteiger partial charge in [0, 0.05) is 23.1 Å². The number of nitrogens with zero attached hydrogens (tertiary/aromatic N) is 1. The predicted octanol–water partition coefficient (Wildman–Crippen LogP) is 2.56. The van der Waals surface area contributed by atoms with Crippen LogP contribution in [-0.4, -0.2) is 39.5 Å². The molecule has 1 aromatic heterocycles. The summed E-state index contributed by atoms with van der Waals surface area (Å²) in [6.07, 6.45) is 2.24. The van der Waals surface area contributed by atoms with Crippen LogP contribution < -0.4 is 0 Å². The summed E-state index contributed by atoms with van der Waals surface area (Å²) in [5.74, 6) is -1.10. The van der Waals surface area contributed by atoms with E-state index in [2.05, 4.69) is 4.98 Å². The average molecular weight is 286 g/mol. The van der Waals surface area contributed by atoms with Crippen LogP contribution in [0, 0.1) is 6.92 Å². The number of hydrogen-bond donors (Lipinski definition) is 2. The molecule has 3 rings (SSSR count). The van der Waals surface area contributed by atoms with Crippen molar-refractivity contribution in [3.8, 4) is 0 Å². The van der Waals surface area contributed by atoms with E-state index in [1.807, 2.05) is 31.2 Å². The number of carbonyl (C=O) groups excluding carboxylic acids is 1. The average Bonchev–Trinajstić information content (AvgIpc) is 2.82. The molecule has 0 spiro atoms. The van der Waals surface area contributed by atoms with Crippen LogP contribution in [0.4, 0.5) is 0 Å². The highest BCUT2D eigenvalue weighted by atomic mass is 16.4. The van der Waals surface area contributed by atoms with E-state index in [4.69, 9.17) is 0 Å². The molecular weight excluding hydrogens is 268 g/mol. The highest BCUT2D eigenvalue weighted by Gasteiger charge is 2.34. The third kappa shape index (κ3) is 2.28. The summed E-state index contributed by atoms with van der Waals surface area (Å²) in [4.78, 5) is 28.9. The minimum atomic E-state index is -0.916. The van der Waals surface area contributed by atoms with Gasteiger partial charge in [0.15, 0.2) is 0 Å². The number of fused-ring (bicyclic) bond motifs is 1. The number of H-pyrrole nitrogens is 1. The van der Waals surface area contributed by atoms with Gasteiger partial charge >= 0.3 is 5.97 Å². The first-order valence-electron chi connectivity index (χ1n) is 7.20. The maximum atomic E-state index is 12.9. The zero-order valence-corrected chi connectivity index (χ0v) is 11.9. The zero-order chi connectivity index (χ0) is 15.0. The fourth-order valence-electron chi connectivity index (χ4n) is 3.13. The maximum Gasteiger partial charge on any atom is 0.326 e. The number of para-hydroxylation sites is 1. The minimum Gasteiger partial charge on any atom is -0.480 e. The second-order valence-electron chi connectivity index (χ2n) is 5.52. The lowest BCUT2D eigenvalue weighted by Crippen LogP contribution is -2.48. The van der Waals surface area contributed by atoms with Crippen molar-refractivity contribution in [3.05, 3.63) is 35.5 Å². The van der Waals surface area contributed by atoms with Crippen molar-refractivity contribution < 1.29 is 14.7 Å². The van der Waals surface area contributed by atoms with Gasteiger partial charge in [-0.05, 0) is 32.3 Å². The summed E-state index contributed by atoms with van der Waals surface area (Å²) >= 11 is 0. The summed E-state index contributed by atoms with van der Waals surface area (Å²) in [6.45, 7) is 2.36. The molecule has 1 aliphatic rings. The standard InChI is InChI=1S/C16H18N2O3/c1-10-14(11-6-2-3-7-12(11)17-10)15(19)18-9-5-4-8-13(18)16(20)21/h2-3,6-7,13,17H,4-5,8-9H2,1H3,(H,20,21)/t13-/m0/s1. The molecule has 2 aromatic rings. The zero-order valence-electron chi connectivity index (χ0n) is 11.9. The Bertz CT molecular complexity index is 705. The van der Waals surface area contributed by atoms with Crippen LogP contribution in [0.1, 0.15) is 35.3 Å². The van der Waals surface area contributed by atoms with E-state index in [0.29, 0.717) is 18.5 Å². The summed E-state index contributed by atoms with van der Waals surface area (Å²) in [5.41, 5.74) is 2.29. The lowest BCUT2D eigenvalue weighted by atomic mass is 10.00. The van der Waals surface area contributed by atoms with E-state index < -0.39 is 12.0 Å². The molecule has 2 heterocycles. The van der Waals surface area contributed by atoms with E-state index in [0.717, 1.165) is 29.4 Å². The first-order chi connectivity index (χ1) is 10.1. The Balaban J connectivity index is 2.03. The van der Waals surface area contributed by atoms with Crippen LogP contribution in [0.2, 0.25) is 0 Å². The molecule has 110 valence electrons. The number of benzene rings is 1. The normalized spacial score (nSPS) is 18.9. The van der Waals surface area contributed by atoms with Crippen LogP contribution in [0.25, 0.3) is 10.9 Å². The Labute approximate surface area is 122 Å². The van der Waals surface area contributed by atoms with Crippen LogP contribution in [0.15, 0.2) is 24.3 Å². The van der Waals surface area contributed by atoms with Gasteiger partial charge in [0.25, 0.3) is 5.91 Å². The molecule has 0 saturated carbocycles. The van der Waals surface area contributed by atoms with Crippen molar-refractivity contribution in [2.45, 2.75) is 32.2 Å². The fraction of sp³-hybridized carbons (Fsp3) is 0.375. The molecule has 5 heteroatoms. The number of aliphatic carboxylic acids is 1. The van der Waals surface area contributed by atoms with Crippen molar-refractivity contribution >= 4 is 22.8 Å². The second-order valence-corrected chi connectivity index (χ2v) is 5.52. The smallest absolute Gasteiger partial charge is 0.326 e. The van der Waals surface area contributed by atoms with E-state index in [1.165, 1.54) is 4.90 Å². The molecule has 0 unspecified atom stereocenters. The summed E-state index contributed by atoms with van der Waals surface area (Å²) in [6, 6.07) is 6.90. The first kappa shape index (κ1) is 13.7. The predicted molar refractivity (Wildman–Crippen MR) is 79.3 cm³/mol. The van der Waals surface area contributed by atoms with Crippen molar-refractivity contribution in [2.24, 2.45) is 0 Å². The fourth-order valence-corrected chi connectivity index (χ4v) is 3.13. The van der Waals surface area contributed by atoms with Crippen LogP contribution in [0.5, 0.6) is 0 Å². The van der Waals surface area contributed by atoms with Gasteiger partial charge in [0.05, 0.1) is 5.56 Å². The molecule has 0 bridgehead atoms. The number of piperidine rings is 1. The van der Waals surface area contributed by atoms with Gasteiger partial charge in [-0.25, -0.2) is 4.79 Å². The quantitative estimate of drug-likeness (QED) is 0.891. The van der Waals surface area contributed by atoms with Gasteiger partial charge in [-0.15, -0.1) is 0 Å². The van der Waals surface area contributed by atoms with Crippen molar-refractivity contribution in [1.29, 1.82) is 0 Å². The van der Waals surface area contributed by atoms with Crippen LogP contribution in [-0.2, 0) is 4.79 Å². The molecular formula is C16H18N2O3. The van der Waals surface area contributed by atoms with E-state index in [9.17, 15) is 14.7 Å². The monoisotopic (exact) mass is 286 g/mol. The number of aryl methyl sites for hydroxylation is 1. The second kappa shape index (κ2) is 5.24. The molecule has 1 aliphatic heterocycles. The minimum absolute atomic E-state index is 0.183. The highest BCUT2D eigenvalue weighted by molar-refractivity contribution is 6.09. The number of rotatable bonds is 2. The number of hydrogen-bond acceptors (Lipinski definition) is 2. The Morgan fingerprint density at radius 3 is 2.81 bits per heavy atom. The maximum absolute atomic E-state index is 12.9. The third-order valence-electron chi connectivity index (χ3n) is 4.16. The molecule has 0 radical (unpaired) electrons. The van der Waals surface area contributed by atoms with Crippen LogP contribution in [0.3, 0.4) is 0 Å². The molecule has 2 N–H and O–H groups in total. The number of carboxylic acids is 1. The number of nitrogens with one attached hydrogen (secondary N) is 1. The van der Waals surface area contributed by atoms with Crippen molar-refractivity contribution in [1.82, 2.24) is 9.88 Å². The summed E-state index contributed by atoms with van der Waals surface area (Å²) < 4.78 is 0. The molecule has 0 aliphatic carbocycles. The van der Waals surface area contributed by atoms with E-state index in [-0.39, 0.29) is 5.91 Å². The van der Waals surface area contributed by atoms with Gasteiger partial charge in [0.1, 0.15) is 6.04 Å². The molecule has 5 nitrogen and oxygen atoms in total. The molecule has 1 atom stereocenters. The van der Waals surface area contributed by atoms with Gasteiger partial charge in [-0.1, -0.05) is 18.2 Å². The number of carbonyl (C=O) groups is 2. The van der Waals surface area contributed by atoms with Crippen LogP contribution >= 0.6 is 0 Å². The summed E-state index contributed by atoms with van der Waals surface area (Å²) in [7, 11) is 0. The number of aromatic nitrogens is 1. The van der Waals surface area contributed by atoms with Gasteiger partial charge in [-0.3, -0.25) is 4.79 Å². The SMILES string of the molecule is Cc1[nH]c2ccccc2c1C(=O)N1CCCC[C@H]1C(=O)O. The lowest BCUT2D eigenvalue weighted by Gasteiger charge is -2.33. The largest absolute Gasteiger partial charge is 0.480 e. The first-order valence-corrected chi connectivity index (χ1v) is 7.20. The van der Waals surface area contributed by atoms with Gasteiger partial charge in [0.2, 0.25) is 0 Å². The molecule has 1 amide bonds. The highest BCUT2D eigenvalue weighted by Crippen LogP contribution is 2.26. The molecule has 21 heavy (non-hydrogen) atoms.